The first-order chi connectivity index (χ1) is 14.8. The Morgan fingerprint density at radius 2 is 1.87 bits per heavy atom. The van der Waals surface area contributed by atoms with Gasteiger partial charge in [0.15, 0.2) is 6.23 Å². The Labute approximate surface area is 182 Å². The second-order valence-corrected chi connectivity index (χ2v) is 8.64. The molecule has 4 rings (SSSR count). The van der Waals surface area contributed by atoms with Gasteiger partial charge >= 0.3 is 6.09 Å². The first kappa shape index (κ1) is 21.0. The van der Waals surface area contributed by atoms with Gasteiger partial charge in [0.1, 0.15) is 17.1 Å². The second-order valence-electron chi connectivity index (χ2n) is 8.64. The van der Waals surface area contributed by atoms with E-state index in [1.807, 2.05) is 75.4 Å². The maximum absolute atomic E-state index is 12.7. The van der Waals surface area contributed by atoms with Crippen LogP contribution in [0.4, 0.5) is 4.79 Å². The molecule has 31 heavy (non-hydrogen) atoms. The molecule has 1 amide bonds. The third-order valence-electron chi connectivity index (χ3n) is 5.14. The zero-order valence-electron chi connectivity index (χ0n) is 18.4. The van der Waals surface area contributed by atoms with Crippen molar-refractivity contribution in [1.82, 2.24) is 9.88 Å². The smallest absolute Gasteiger partial charge is 0.413 e. The van der Waals surface area contributed by atoms with Crippen LogP contribution in [0.25, 0.3) is 22.2 Å². The average Bonchev–Trinajstić information content (AvgIpc) is 3.21. The highest BCUT2D eigenvalue weighted by molar-refractivity contribution is 5.89. The molecule has 1 aliphatic heterocycles. The van der Waals surface area contributed by atoms with Gasteiger partial charge in [0.2, 0.25) is 0 Å². The first-order valence-corrected chi connectivity index (χ1v) is 10.5. The maximum atomic E-state index is 12.7. The minimum Gasteiger partial charge on any atom is -0.497 e. The van der Waals surface area contributed by atoms with Crippen LogP contribution in [-0.4, -0.2) is 41.5 Å². The summed E-state index contributed by atoms with van der Waals surface area (Å²) < 4.78 is 17.4. The van der Waals surface area contributed by atoms with E-state index >= 15 is 0 Å². The SMILES string of the molecule is COc1ccc2c(O[C@@H]3CCCN3C(=O)OC(C)(C)C)cc(-c3ccccc3)nc2c1. The number of ether oxygens (including phenoxy) is 3. The van der Waals surface area contributed by atoms with Gasteiger partial charge in [0.05, 0.1) is 18.3 Å². The molecule has 0 bridgehead atoms. The molecule has 0 N–H and O–H groups in total. The monoisotopic (exact) mass is 420 g/mol. The third-order valence-corrected chi connectivity index (χ3v) is 5.14. The van der Waals surface area contributed by atoms with Crippen molar-refractivity contribution in [1.29, 1.82) is 0 Å². The lowest BCUT2D eigenvalue weighted by atomic mass is 10.1. The zero-order chi connectivity index (χ0) is 22.0. The molecule has 1 aliphatic rings. The van der Waals surface area contributed by atoms with Gasteiger partial charge < -0.3 is 14.2 Å². The Hall–Kier alpha value is -3.28. The van der Waals surface area contributed by atoms with E-state index < -0.39 is 5.60 Å². The molecule has 6 heteroatoms. The van der Waals surface area contributed by atoms with Crippen LogP contribution in [0.15, 0.2) is 54.6 Å². The van der Waals surface area contributed by atoms with E-state index in [4.69, 9.17) is 19.2 Å². The fourth-order valence-corrected chi connectivity index (χ4v) is 3.69. The van der Waals surface area contributed by atoms with Gasteiger partial charge in [-0.25, -0.2) is 9.78 Å². The Bertz CT molecular complexity index is 1080. The zero-order valence-corrected chi connectivity index (χ0v) is 18.4. The molecule has 0 unspecified atom stereocenters. The predicted octanol–water partition coefficient (Wildman–Crippen LogP) is 5.65. The van der Waals surface area contributed by atoms with Crippen LogP contribution in [0.1, 0.15) is 33.6 Å². The van der Waals surface area contributed by atoms with Gasteiger partial charge in [-0.2, -0.15) is 0 Å². The highest BCUT2D eigenvalue weighted by Crippen LogP contribution is 2.34. The van der Waals surface area contributed by atoms with Crippen LogP contribution < -0.4 is 9.47 Å². The van der Waals surface area contributed by atoms with Gasteiger partial charge in [-0.05, 0) is 39.3 Å². The van der Waals surface area contributed by atoms with Crippen molar-refractivity contribution >= 4 is 17.0 Å². The lowest BCUT2D eigenvalue weighted by Crippen LogP contribution is -2.42. The maximum Gasteiger partial charge on any atom is 0.413 e. The summed E-state index contributed by atoms with van der Waals surface area (Å²) >= 11 is 0. The Kier molecular flexibility index (Phi) is 5.72. The summed E-state index contributed by atoms with van der Waals surface area (Å²) in [6, 6.07) is 17.6. The van der Waals surface area contributed by atoms with E-state index in [-0.39, 0.29) is 12.3 Å². The largest absolute Gasteiger partial charge is 0.497 e. The minimum absolute atomic E-state index is 0.349. The Morgan fingerprint density at radius 1 is 1.10 bits per heavy atom. The van der Waals surface area contributed by atoms with E-state index in [0.29, 0.717) is 12.3 Å². The summed E-state index contributed by atoms with van der Waals surface area (Å²) in [7, 11) is 1.64. The Morgan fingerprint density at radius 3 is 2.58 bits per heavy atom. The fourth-order valence-electron chi connectivity index (χ4n) is 3.69. The molecule has 6 nitrogen and oxygen atoms in total. The number of fused-ring (bicyclic) bond motifs is 1. The number of amides is 1. The molecule has 0 saturated carbocycles. The molecule has 1 saturated heterocycles. The molecule has 162 valence electrons. The fraction of sp³-hybridized carbons (Fsp3) is 0.360. The van der Waals surface area contributed by atoms with E-state index in [1.165, 1.54) is 0 Å². The summed E-state index contributed by atoms with van der Waals surface area (Å²) in [5.74, 6) is 1.42. The van der Waals surface area contributed by atoms with Gasteiger partial charge in [-0.3, -0.25) is 4.90 Å². The standard InChI is InChI=1S/C25H28N2O4/c1-25(2,3)31-24(28)27-14-8-11-23(27)30-22-16-20(17-9-6-5-7-10-17)26-21-15-18(29-4)12-13-19(21)22/h5-7,9-10,12-13,15-16,23H,8,11,14H2,1-4H3/t23-/m1/s1. The van der Waals surface area contributed by atoms with Crippen LogP contribution in [0.2, 0.25) is 0 Å². The molecular weight excluding hydrogens is 392 g/mol. The van der Waals surface area contributed by atoms with E-state index in [0.717, 1.165) is 40.8 Å². The molecule has 3 aromatic rings. The number of methoxy groups -OCH3 is 1. The summed E-state index contributed by atoms with van der Waals surface area (Å²) in [6.07, 6.45) is 0.885. The topological polar surface area (TPSA) is 60.9 Å². The van der Waals surface area contributed by atoms with Crippen molar-refractivity contribution in [2.24, 2.45) is 0 Å². The van der Waals surface area contributed by atoms with Gasteiger partial charge in [-0.15, -0.1) is 0 Å². The number of likely N-dealkylation sites (tertiary alicyclic amines) is 1. The number of nitrogens with zero attached hydrogens (tertiary/aromatic N) is 2. The van der Waals surface area contributed by atoms with Gasteiger partial charge in [-0.1, -0.05) is 30.3 Å². The normalized spacial score (nSPS) is 16.4. The highest BCUT2D eigenvalue weighted by Gasteiger charge is 2.34. The average molecular weight is 421 g/mol. The summed E-state index contributed by atoms with van der Waals surface area (Å²) in [4.78, 5) is 19.2. The van der Waals surface area contributed by atoms with Crippen LogP contribution >= 0.6 is 0 Å². The molecule has 0 spiro atoms. The van der Waals surface area contributed by atoms with Crippen LogP contribution in [0.3, 0.4) is 0 Å². The third kappa shape index (κ3) is 4.74. The molecule has 2 aromatic carbocycles. The van der Waals surface area contributed by atoms with Crippen molar-refractivity contribution in [3.8, 4) is 22.8 Å². The lowest BCUT2D eigenvalue weighted by Gasteiger charge is -2.29. The van der Waals surface area contributed by atoms with Crippen molar-refractivity contribution in [2.75, 3.05) is 13.7 Å². The number of benzene rings is 2. The summed E-state index contributed by atoms with van der Waals surface area (Å²) in [6.45, 7) is 6.22. The lowest BCUT2D eigenvalue weighted by molar-refractivity contribution is -0.00473. The molecule has 1 atom stereocenters. The van der Waals surface area contributed by atoms with E-state index in [2.05, 4.69) is 0 Å². The van der Waals surface area contributed by atoms with Crippen molar-refractivity contribution in [3.63, 3.8) is 0 Å². The number of carbonyl (C=O) groups excluding carboxylic acids is 1. The van der Waals surface area contributed by atoms with Crippen molar-refractivity contribution in [2.45, 2.75) is 45.4 Å². The summed E-state index contributed by atoms with van der Waals surface area (Å²) in [5, 5.41) is 0.872. The van der Waals surface area contributed by atoms with Crippen LogP contribution in [0.5, 0.6) is 11.5 Å². The molecule has 1 fully saturated rings. The number of carbonyl (C=O) groups is 1. The molecule has 2 heterocycles. The Balaban J connectivity index is 1.71. The van der Waals surface area contributed by atoms with Crippen LogP contribution in [-0.2, 0) is 4.74 Å². The van der Waals surface area contributed by atoms with E-state index in [1.54, 1.807) is 12.0 Å². The second kappa shape index (κ2) is 8.46. The van der Waals surface area contributed by atoms with Gasteiger partial charge in [0.25, 0.3) is 0 Å². The van der Waals surface area contributed by atoms with Crippen molar-refractivity contribution < 1.29 is 19.0 Å². The number of hydrogen-bond acceptors (Lipinski definition) is 5. The molecule has 1 aromatic heterocycles. The first-order valence-electron chi connectivity index (χ1n) is 10.5. The quantitative estimate of drug-likeness (QED) is 0.546. The van der Waals surface area contributed by atoms with E-state index in [9.17, 15) is 4.79 Å². The van der Waals surface area contributed by atoms with Crippen molar-refractivity contribution in [3.05, 3.63) is 54.6 Å². The minimum atomic E-state index is -0.551. The number of aromatic nitrogens is 1. The molecular formula is C25H28N2O4. The molecule has 0 radical (unpaired) electrons. The predicted molar refractivity (Wildman–Crippen MR) is 120 cm³/mol. The summed E-state index contributed by atoms with van der Waals surface area (Å²) in [5.41, 5.74) is 2.02. The van der Waals surface area contributed by atoms with Crippen LogP contribution in [0, 0.1) is 0 Å². The number of pyridine rings is 1. The van der Waals surface area contributed by atoms with Gasteiger partial charge in [0, 0.05) is 36.0 Å². The molecule has 0 aliphatic carbocycles. The highest BCUT2D eigenvalue weighted by atomic mass is 16.6. The number of hydrogen-bond donors (Lipinski definition) is 0. The number of rotatable bonds is 4.